The second-order valence-electron chi connectivity index (χ2n) is 6.88. The van der Waals surface area contributed by atoms with Crippen LogP contribution in [0.5, 0.6) is 5.88 Å². The molecule has 3 N–H and O–H groups in total. The number of aliphatic carboxylic acids is 1. The normalized spacial score (nSPS) is 19.9. The van der Waals surface area contributed by atoms with Gasteiger partial charge < -0.3 is 15.6 Å². The molecule has 3 aromatic rings. The first-order valence-corrected chi connectivity index (χ1v) is 8.94. The van der Waals surface area contributed by atoms with Gasteiger partial charge in [0.1, 0.15) is 5.82 Å². The molecule has 27 heavy (non-hydrogen) atoms. The van der Waals surface area contributed by atoms with Gasteiger partial charge in [-0.2, -0.15) is 9.61 Å². The minimum Gasteiger partial charge on any atom is -0.481 e. The highest BCUT2D eigenvalue weighted by Gasteiger charge is 2.28. The number of ether oxygens (including phenoxy) is 1. The van der Waals surface area contributed by atoms with E-state index in [-0.39, 0.29) is 11.8 Å². The summed E-state index contributed by atoms with van der Waals surface area (Å²) in [5.41, 5.74) is 9.50. The molecule has 8 heteroatoms. The number of nitrogens with zero attached hydrogens (tertiary/aromatic N) is 4. The second-order valence-corrected chi connectivity index (χ2v) is 6.88. The second kappa shape index (κ2) is 6.86. The lowest BCUT2D eigenvalue weighted by Crippen LogP contribution is -2.21. The summed E-state index contributed by atoms with van der Waals surface area (Å²) in [5, 5.41) is 13.5. The first-order valence-electron chi connectivity index (χ1n) is 8.94. The standard InChI is InChI=1S/C19H21N5O3/c1-27-17-7-6-13(9-21-17)14-10-22-24-16(20)8-15(23-18(14)24)11-2-4-12(5-3-11)19(25)26/h6-12H,2-5,20H2,1H3,(H,25,26). The summed E-state index contributed by atoms with van der Waals surface area (Å²) in [6, 6.07) is 5.55. The Morgan fingerprint density at radius 2 is 2.04 bits per heavy atom. The van der Waals surface area contributed by atoms with Gasteiger partial charge in [-0.15, -0.1) is 0 Å². The van der Waals surface area contributed by atoms with E-state index < -0.39 is 5.97 Å². The lowest BCUT2D eigenvalue weighted by atomic mass is 9.80. The van der Waals surface area contributed by atoms with Crippen LogP contribution in [-0.4, -0.2) is 37.8 Å². The number of hydrogen-bond donors (Lipinski definition) is 2. The van der Waals surface area contributed by atoms with E-state index in [0.29, 0.717) is 30.2 Å². The molecule has 0 amide bonds. The average molecular weight is 367 g/mol. The monoisotopic (exact) mass is 367 g/mol. The summed E-state index contributed by atoms with van der Waals surface area (Å²) in [5.74, 6) is 0.311. The molecule has 0 radical (unpaired) electrons. The molecule has 0 saturated heterocycles. The van der Waals surface area contributed by atoms with E-state index >= 15 is 0 Å². The Balaban J connectivity index is 1.69. The molecule has 0 spiro atoms. The fourth-order valence-electron chi connectivity index (χ4n) is 3.72. The van der Waals surface area contributed by atoms with Gasteiger partial charge in [-0.25, -0.2) is 9.97 Å². The maximum atomic E-state index is 11.2. The lowest BCUT2D eigenvalue weighted by molar-refractivity contribution is -0.142. The lowest BCUT2D eigenvalue weighted by Gasteiger charge is -2.25. The van der Waals surface area contributed by atoms with Crippen molar-refractivity contribution in [1.82, 2.24) is 19.6 Å². The Labute approximate surface area is 156 Å². The van der Waals surface area contributed by atoms with E-state index in [1.54, 1.807) is 30.1 Å². The van der Waals surface area contributed by atoms with Crippen LogP contribution in [0.4, 0.5) is 5.82 Å². The number of hydrogen-bond acceptors (Lipinski definition) is 6. The van der Waals surface area contributed by atoms with Crippen LogP contribution in [-0.2, 0) is 4.79 Å². The number of anilines is 1. The van der Waals surface area contributed by atoms with Gasteiger partial charge in [-0.05, 0) is 31.7 Å². The first-order chi connectivity index (χ1) is 13.1. The summed E-state index contributed by atoms with van der Waals surface area (Å²) in [6.45, 7) is 0. The Morgan fingerprint density at radius 3 is 2.67 bits per heavy atom. The molecule has 1 fully saturated rings. The number of carboxylic acid groups (broad SMARTS) is 1. The van der Waals surface area contributed by atoms with E-state index in [1.165, 1.54) is 0 Å². The van der Waals surface area contributed by atoms with Crippen molar-refractivity contribution in [1.29, 1.82) is 0 Å². The highest BCUT2D eigenvalue weighted by atomic mass is 16.5. The van der Waals surface area contributed by atoms with Gasteiger partial charge in [0.25, 0.3) is 0 Å². The van der Waals surface area contributed by atoms with Gasteiger partial charge in [0.05, 0.1) is 19.2 Å². The van der Waals surface area contributed by atoms with Crippen LogP contribution in [0, 0.1) is 5.92 Å². The molecular weight excluding hydrogens is 346 g/mol. The van der Waals surface area contributed by atoms with Gasteiger partial charge in [0.15, 0.2) is 5.65 Å². The number of aromatic nitrogens is 4. The summed E-state index contributed by atoms with van der Waals surface area (Å²) < 4.78 is 6.72. The third-order valence-corrected chi connectivity index (χ3v) is 5.27. The summed E-state index contributed by atoms with van der Waals surface area (Å²) in [4.78, 5) is 20.2. The Bertz CT molecular complexity index is 975. The number of methoxy groups -OCH3 is 1. The van der Waals surface area contributed by atoms with Crippen molar-refractivity contribution in [2.45, 2.75) is 31.6 Å². The van der Waals surface area contributed by atoms with Crippen LogP contribution in [0.1, 0.15) is 37.3 Å². The molecule has 1 aliphatic carbocycles. The number of rotatable bonds is 4. The molecule has 1 aliphatic rings. The molecule has 0 atom stereocenters. The fourth-order valence-corrected chi connectivity index (χ4v) is 3.72. The van der Waals surface area contributed by atoms with E-state index in [9.17, 15) is 9.90 Å². The van der Waals surface area contributed by atoms with Crippen LogP contribution < -0.4 is 10.5 Å². The van der Waals surface area contributed by atoms with Crippen molar-refractivity contribution >= 4 is 17.4 Å². The van der Waals surface area contributed by atoms with Crippen molar-refractivity contribution < 1.29 is 14.6 Å². The molecule has 0 unspecified atom stereocenters. The number of pyridine rings is 1. The van der Waals surface area contributed by atoms with Gasteiger partial charge in [0, 0.05) is 41.1 Å². The Morgan fingerprint density at radius 1 is 1.26 bits per heavy atom. The highest BCUT2D eigenvalue weighted by Crippen LogP contribution is 2.36. The minimum absolute atomic E-state index is 0.213. The molecule has 1 saturated carbocycles. The summed E-state index contributed by atoms with van der Waals surface area (Å²) in [7, 11) is 1.57. The van der Waals surface area contributed by atoms with Crippen LogP contribution in [0.2, 0.25) is 0 Å². The third kappa shape index (κ3) is 3.18. The maximum absolute atomic E-state index is 11.2. The largest absolute Gasteiger partial charge is 0.481 e. The van der Waals surface area contributed by atoms with E-state index in [1.807, 2.05) is 12.1 Å². The zero-order valence-corrected chi connectivity index (χ0v) is 15.0. The Kier molecular flexibility index (Phi) is 4.39. The van der Waals surface area contributed by atoms with Crippen LogP contribution >= 0.6 is 0 Å². The van der Waals surface area contributed by atoms with Crippen molar-refractivity contribution in [2.24, 2.45) is 5.92 Å². The number of fused-ring (bicyclic) bond motifs is 1. The molecular formula is C19H21N5O3. The zero-order chi connectivity index (χ0) is 19.0. The van der Waals surface area contributed by atoms with E-state index in [4.69, 9.17) is 15.5 Å². The van der Waals surface area contributed by atoms with Crippen LogP contribution in [0.3, 0.4) is 0 Å². The summed E-state index contributed by atoms with van der Waals surface area (Å²) in [6.07, 6.45) is 6.38. The first kappa shape index (κ1) is 17.3. The molecule has 0 bridgehead atoms. The molecule has 8 nitrogen and oxygen atoms in total. The number of nitrogens with two attached hydrogens (primary N) is 1. The molecule has 0 aromatic carbocycles. The van der Waals surface area contributed by atoms with Crippen LogP contribution in [0.15, 0.2) is 30.6 Å². The highest BCUT2D eigenvalue weighted by molar-refractivity contribution is 5.77. The molecule has 0 aliphatic heterocycles. The maximum Gasteiger partial charge on any atom is 0.306 e. The molecule has 3 heterocycles. The van der Waals surface area contributed by atoms with Crippen LogP contribution in [0.25, 0.3) is 16.8 Å². The van der Waals surface area contributed by atoms with Crippen molar-refractivity contribution in [3.8, 4) is 17.0 Å². The van der Waals surface area contributed by atoms with E-state index in [2.05, 4.69) is 10.1 Å². The third-order valence-electron chi connectivity index (χ3n) is 5.27. The van der Waals surface area contributed by atoms with Crippen molar-refractivity contribution in [3.63, 3.8) is 0 Å². The number of carboxylic acids is 1. The predicted molar refractivity (Wildman–Crippen MR) is 99.5 cm³/mol. The van der Waals surface area contributed by atoms with Gasteiger partial charge in [-0.1, -0.05) is 0 Å². The quantitative estimate of drug-likeness (QED) is 0.728. The van der Waals surface area contributed by atoms with Gasteiger partial charge >= 0.3 is 5.97 Å². The summed E-state index contributed by atoms with van der Waals surface area (Å²) >= 11 is 0. The molecule has 140 valence electrons. The number of nitrogen functional groups attached to an aromatic ring is 1. The average Bonchev–Trinajstić information content (AvgIpc) is 3.12. The minimum atomic E-state index is -0.707. The SMILES string of the molecule is COc1ccc(-c2cnn3c(N)cc(C4CCC(C(=O)O)CC4)nc23)cn1. The zero-order valence-electron chi connectivity index (χ0n) is 15.0. The number of carbonyl (C=O) groups is 1. The molecule has 3 aromatic heterocycles. The fraction of sp³-hybridized carbons (Fsp3) is 0.368. The van der Waals surface area contributed by atoms with Gasteiger partial charge in [-0.3, -0.25) is 4.79 Å². The predicted octanol–water partition coefficient (Wildman–Crippen LogP) is 2.74. The Hall–Kier alpha value is -3.16. The molecule has 4 rings (SSSR count). The van der Waals surface area contributed by atoms with E-state index in [0.717, 1.165) is 29.7 Å². The van der Waals surface area contributed by atoms with Gasteiger partial charge in [0.2, 0.25) is 5.88 Å². The topological polar surface area (TPSA) is 116 Å². The smallest absolute Gasteiger partial charge is 0.306 e. The van der Waals surface area contributed by atoms with Crippen molar-refractivity contribution in [2.75, 3.05) is 12.8 Å². The van der Waals surface area contributed by atoms with Crippen molar-refractivity contribution in [3.05, 3.63) is 36.3 Å².